The molecule has 2 N–H and O–H groups in total. The van der Waals surface area contributed by atoms with Gasteiger partial charge in [-0.1, -0.05) is 12.2 Å². The first-order valence-electron chi connectivity index (χ1n) is 4.36. The Morgan fingerprint density at radius 1 is 1.69 bits per heavy atom. The fourth-order valence-electron chi connectivity index (χ4n) is 1.72. The summed E-state index contributed by atoms with van der Waals surface area (Å²) >= 11 is 0. The number of carboxylic acid groups (broad SMARTS) is 1. The molecule has 0 spiro atoms. The van der Waals surface area contributed by atoms with Crippen LogP contribution in [0.15, 0.2) is 23.9 Å². The number of hydrogen-bond acceptors (Lipinski definition) is 3. The molecule has 1 fully saturated rings. The van der Waals surface area contributed by atoms with E-state index in [0.29, 0.717) is 0 Å². The highest BCUT2D eigenvalue weighted by Crippen LogP contribution is 2.17. The van der Waals surface area contributed by atoms with E-state index in [9.17, 15) is 4.79 Å². The molecular weight excluding hydrogens is 168 g/mol. The first-order chi connectivity index (χ1) is 6.29. The van der Waals surface area contributed by atoms with Gasteiger partial charge in [0.2, 0.25) is 0 Å². The normalized spacial score (nSPS) is 26.6. The zero-order chi connectivity index (χ0) is 9.26. The number of fused-ring (bicyclic) bond motifs is 1. The molecule has 1 saturated heterocycles. The van der Waals surface area contributed by atoms with Crippen molar-refractivity contribution in [3.63, 3.8) is 0 Å². The maximum absolute atomic E-state index is 10.9. The largest absolute Gasteiger partial charge is 0.479 e. The molecule has 4 nitrogen and oxygen atoms in total. The number of aliphatic carboxylic acids is 1. The van der Waals surface area contributed by atoms with Crippen LogP contribution >= 0.6 is 0 Å². The summed E-state index contributed by atoms with van der Waals surface area (Å²) in [5, 5.41) is 12.1. The van der Waals surface area contributed by atoms with E-state index in [1.807, 2.05) is 17.1 Å². The van der Waals surface area contributed by atoms with E-state index in [1.165, 1.54) is 0 Å². The van der Waals surface area contributed by atoms with E-state index in [1.54, 1.807) is 6.08 Å². The van der Waals surface area contributed by atoms with Gasteiger partial charge in [0, 0.05) is 25.3 Å². The minimum absolute atomic E-state index is 0.470. The SMILES string of the molecule is O=C(O)C1C=CC=C2CNCCN21. The Balaban J connectivity index is 2.21. The van der Waals surface area contributed by atoms with Crippen LogP contribution in [0.4, 0.5) is 0 Å². The molecule has 2 aliphatic rings. The highest BCUT2D eigenvalue weighted by atomic mass is 16.4. The fraction of sp³-hybridized carbons (Fsp3) is 0.444. The predicted molar refractivity (Wildman–Crippen MR) is 48.2 cm³/mol. The van der Waals surface area contributed by atoms with Crippen LogP contribution in [0.3, 0.4) is 0 Å². The second-order valence-electron chi connectivity index (χ2n) is 3.20. The lowest BCUT2D eigenvalue weighted by Crippen LogP contribution is -2.49. The van der Waals surface area contributed by atoms with Gasteiger partial charge < -0.3 is 15.3 Å². The summed E-state index contributed by atoms with van der Waals surface area (Å²) in [6, 6.07) is -0.470. The summed E-state index contributed by atoms with van der Waals surface area (Å²) in [5.41, 5.74) is 1.07. The van der Waals surface area contributed by atoms with E-state index < -0.39 is 12.0 Å². The van der Waals surface area contributed by atoms with Crippen LogP contribution in [0, 0.1) is 0 Å². The third kappa shape index (κ3) is 1.45. The standard InChI is InChI=1S/C9H12N2O2/c12-9(13)8-3-1-2-7-6-10-4-5-11(7)8/h1-3,8,10H,4-6H2,(H,12,13). The minimum atomic E-state index is -0.774. The zero-order valence-electron chi connectivity index (χ0n) is 7.23. The molecule has 0 aromatic heterocycles. The van der Waals surface area contributed by atoms with E-state index >= 15 is 0 Å². The Morgan fingerprint density at radius 3 is 3.31 bits per heavy atom. The van der Waals surface area contributed by atoms with E-state index in [-0.39, 0.29) is 0 Å². The highest BCUT2D eigenvalue weighted by Gasteiger charge is 2.27. The Hall–Kier alpha value is -1.29. The van der Waals surface area contributed by atoms with Crippen LogP contribution in [0.1, 0.15) is 0 Å². The van der Waals surface area contributed by atoms with Gasteiger partial charge in [-0.2, -0.15) is 0 Å². The van der Waals surface area contributed by atoms with Gasteiger partial charge in [0.05, 0.1) is 0 Å². The summed E-state index contributed by atoms with van der Waals surface area (Å²) in [6.07, 6.45) is 5.50. The lowest BCUT2D eigenvalue weighted by atomic mass is 10.1. The Kier molecular flexibility index (Phi) is 2.06. The molecule has 4 heteroatoms. The molecule has 0 aliphatic carbocycles. The van der Waals surface area contributed by atoms with Crippen molar-refractivity contribution < 1.29 is 9.90 Å². The molecule has 0 bridgehead atoms. The smallest absolute Gasteiger partial charge is 0.330 e. The first-order valence-corrected chi connectivity index (χ1v) is 4.36. The van der Waals surface area contributed by atoms with Gasteiger partial charge in [-0.05, 0) is 6.08 Å². The second-order valence-corrected chi connectivity index (χ2v) is 3.20. The first kappa shape index (κ1) is 8.31. The molecule has 70 valence electrons. The molecule has 1 unspecified atom stereocenters. The number of piperazine rings is 1. The molecule has 13 heavy (non-hydrogen) atoms. The number of allylic oxidation sites excluding steroid dienone is 2. The van der Waals surface area contributed by atoms with Gasteiger partial charge >= 0.3 is 5.97 Å². The highest BCUT2D eigenvalue weighted by molar-refractivity contribution is 5.76. The molecule has 2 rings (SSSR count). The molecule has 0 amide bonds. The molecule has 1 atom stereocenters. The Morgan fingerprint density at radius 2 is 2.54 bits per heavy atom. The van der Waals surface area contributed by atoms with Gasteiger partial charge in [-0.15, -0.1) is 0 Å². The van der Waals surface area contributed by atoms with Crippen LogP contribution in [0.2, 0.25) is 0 Å². The molecule has 0 saturated carbocycles. The number of hydrogen-bond donors (Lipinski definition) is 2. The van der Waals surface area contributed by atoms with Crippen molar-refractivity contribution >= 4 is 5.97 Å². The van der Waals surface area contributed by atoms with Crippen molar-refractivity contribution in [2.24, 2.45) is 0 Å². The van der Waals surface area contributed by atoms with Gasteiger partial charge in [-0.25, -0.2) is 4.79 Å². The van der Waals surface area contributed by atoms with Crippen molar-refractivity contribution in [1.29, 1.82) is 0 Å². The monoisotopic (exact) mass is 180 g/mol. The van der Waals surface area contributed by atoms with Crippen LogP contribution in [0.25, 0.3) is 0 Å². The number of carbonyl (C=O) groups is 1. The average molecular weight is 180 g/mol. The number of carboxylic acids is 1. The topological polar surface area (TPSA) is 52.6 Å². The lowest BCUT2D eigenvalue weighted by molar-refractivity contribution is -0.140. The van der Waals surface area contributed by atoms with Crippen LogP contribution in [-0.2, 0) is 4.79 Å². The second kappa shape index (κ2) is 3.22. The molecule has 0 radical (unpaired) electrons. The van der Waals surface area contributed by atoms with Gasteiger partial charge in [0.1, 0.15) is 6.04 Å². The van der Waals surface area contributed by atoms with Crippen molar-refractivity contribution in [3.05, 3.63) is 23.9 Å². The van der Waals surface area contributed by atoms with Crippen LogP contribution in [-0.4, -0.2) is 41.7 Å². The Labute approximate surface area is 76.5 Å². The lowest BCUT2D eigenvalue weighted by Gasteiger charge is -2.37. The fourth-order valence-corrected chi connectivity index (χ4v) is 1.72. The van der Waals surface area contributed by atoms with Gasteiger partial charge in [-0.3, -0.25) is 0 Å². The summed E-state index contributed by atoms with van der Waals surface area (Å²) in [5.74, 6) is -0.774. The van der Waals surface area contributed by atoms with Gasteiger partial charge in [0.15, 0.2) is 0 Å². The number of rotatable bonds is 1. The van der Waals surface area contributed by atoms with E-state index in [0.717, 1.165) is 25.3 Å². The maximum Gasteiger partial charge on any atom is 0.330 e. The van der Waals surface area contributed by atoms with Crippen molar-refractivity contribution in [2.75, 3.05) is 19.6 Å². The summed E-state index contributed by atoms with van der Waals surface area (Å²) in [6.45, 7) is 2.40. The third-order valence-electron chi connectivity index (χ3n) is 2.38. The molecule has 0 aromatic rings. The average Bonchev–Trinajstić information content (AvgIpc) is 2.17. The van der Waals surface area contributed by atoms with Crippen molar-refractivity contribution in [3.8, 4) is 0 Å². The molecular formula is C9H12N2O2. The minimum Gasteiger partial charge on any atom is -0.479 e. The molecule has 2 aliphatic heterocycles. The quantitative estimate of drug-likeness (QED) is 0.586. The van der Waals surface area contributed by atoms with Crippen molar-refractivity contribution in [1.82, 2.24) is 10.2 Å². The summed E-state index contributed by atoms with van der Waals surface area (Å²) in [4.78, 5) is 12.8. The molecule has 0 aromatic carbocycles. The Bertz CT molecular complexity index is 283. The number of nitrogens with one attached hydrogen (secondary N) is 1. The third-order valence-corrected chi connectivity index (χ3v) is 2.38. The summed E-state index contributed by atoms with van der Waals surface area (Å²) in [7, 11) is 0. The maximum atomic E-state index is 10.9. The molecule has 2 heterocycles. The predicted octanol–water partition coefficient (Wildman–Crippen LogP) is -0.202. The van der Waals surface area contributed by atoms with Crippen LogP contribution < -0.4 is 5.32 Å². The number of nitrogens with zero attached hydrogens (tertiary/aromatic N) is 1. The van der Waals surface area contributed by atoms with E-state index in [4.69, 9.17) is 5.11 Å². The van der Waals surface area contributed by atoms with Crippen molar-refractivity contribution in [2.45, 2.75) is 6.04 Å². The van der Waals surface area contributed by atoms with Crippen LogP contribution in [0.5, 0.6) is 0 Å². The zero-order valence-corrected chi connectivity index (χ0v) is 7.23. The summed E-state index contributed by atoms with van der Waals surface area (Å²) < 4.78 is 0. The van der Waals surface area contributed by atoms with Gasteiger partial charge in [0.25, 0.3) is 0 Å². The van der Waals surface area contributed by atoms with E-state index in [2.05, 4.69) is 5.32 Å².